The van der Waals surface area contributed by atoms with Crippen molar-refractivity contribution in [1.29, 1.82) is 0 Å². The van der Waals surface area contributed by atoms with Gasteiger partial charge < -0.3 is 0 Å². The molecule has 1 aromatic rings. The largest absolute Gasteiger partial charge is 0.292 e. The monoisotopic (exact) mass is 252 g/mol. The maximum absolute atomic E-state index is 12.3. The highest BCUT2D eigenvalue weighted by molar-refractivity contribution is 6.38. The fourth-order valence-electron chi connectivity index (χ4n) is 1.08. The average molecular weight is 253 g/mol. The number of carbonyl (C=O) groups excluding carboxylic acids is 1. The second-order valence-electron chi connectivity index (χ2n) is 3.02. The maximum Gasteiger partial charge on any atom is 0.263 e. The zero-order valence-corrected chi connectivity index (χ0v) is 9.32. The Bertz CT molecular complexity index is 378. The number of carbonyl (C=O) groups is 1. The number of hydrogen-bond donors (Lipinski definition) is 0. The van der Waals surface area contributed by atoms with E-state index in [0.717, 1.165) is 6.07 Å². The van der Waals surface area contributed by atoms with E-state index in [-0.39, 0.29) is 21.9 Å². The molecule has 1 aromatic carbocycles. The molecule has 0 N–H and O–H groups in total. The Morgan fingerprint density at radius 2 is 2.00 bits per heavy atom. The molecule has 0 heterocycles. The first-order chi connectivity index (χ1) is 6.93. The van der Waals surface area contributed by atoms with E-state index in [9.17, 15) is 13.6 Å². The summed E-state index contributed by atoms with van der Waals surface area (Å²) in [4.78, 5) is 11.4. The van der Waals surface area contributed by atoms with Crippen molar-refractivity contribution < 1.29 is 13.6 Å². The van der Waals surface area contributed by atoms with Gasteiger partial charge in [-0.1, -0.05) is 17.7 Å². The third-order valence-corrected chi connectivity index (χ3v) is 2.38. The van der Waals surface area contributed by atoms with Gasteiger partial charge in [-0.3, -0.25) is 4.79 Å². The summed E-state index contributed by atoms with van der Waals surface area (Å²) in [6, 6.07) is 3.52. The van der Waals surface area contributed by atoms with Gasteiger partial charge in [-0.05, 0) is 19.1 Å². The molecular formula is C10H8Cl2F2O. The van der Waals surface area contributed by atoms with Crippen molar-refractivity contribution in [2.75, 3.05) is 0 Å². The average Bonchev–Trinajstić information content (AvgIpc) is 2.16. The number of hydrogen-bond acceptors (Lipinski definition) is 1. The fraction of sp³-hybridized carbons (Fsp3) is 0.300. The van der Waals surface area contributed by atoms with Gasteiger partial charge in [0.05, 0.1) is 10.4 Å². The van der Waals surface area contributed by atoms with Gasteiger partial charge in [-0.2, -0.15) is 0 Å². The van der Waals surface area contributed by atoms with Crippen LogP contribution in [-0.2, 0) is 0 Å². The lowest BCUT2D eigenvalue weighted by atomic mass is 10.1. The van der Waals surface area contributed by atoms with Crippen molar-refractivity contribution in [3.8, 4) is 0 Å². The molecule has 0 saturated carbocycles. The van der Waals surface area contributed by atoms with Crippen LogP contribution in [0.15, 0.2) is 18.2 Å². The number of Topliss-reactive ketones (excluding diaryl/α,β-unsaturated/α-hetero) is 1. The van der Waals surface area contributed by atoms with Gasteiger partial charge in [0.25, 0.3) is 6.43 Å². The van der Waals surface area contributed by atoms with Crippen LogP contribution in [0.3, 0.4) is 0 Å². The number of rotatable bonds is 3. The van der Waals surface area contributed by atoms with Crippen LogP contribution in [0.25, 0.3) is 0 Å². The summed E-state index contributed by atoms with van der Waals surface area (Å²) in [5.41, 5.74) is -0.0395. The van der Waals surface area contributed by atoms with Crippen LogP contribution in [0.4, 0.5) is 8.78 Å². The number of alkyl halides is 3. The molecule has 1 nitrogen and oxygen atoms in total. The van der Waals surface area contributed by atoms with Crippen LogP contribution >= 0.6 is 23.2 Å². The third kappa shape index (κ3) is 2.89. The topological polar surface area (TPSA) is 17.1 Å². The van der Waals surface area contributed by atoms with E-state index in [0.29, 0.717) is 0 Å². The minimum Gasteiger partial charge on any atom is -0.292 e. The first kappa shape index (κ1) is 12.4. The van der Waals surface area contributed by atoms with Crippen molar-refractivity contribution >= 4 is 29.0 Å². The highest BCUT2D eigenvalue weighted by atomic mass is 35.5. The second kappa shape index (κ2) is 4.90. The van der Waals surface area contributed by atoms with E-state index in [2.05, 4.69) is 0 Å². The molecule has 82 valence electrons. The molecule has 0 saturated heterocycles. The summed E-state index contributed by atoms with van der Waals surface area (Å²) < 4.78 is 24.5. The van der Waals surface area contributed by atoms with Crippen LogP contribution in [0.1, 0.15) is 29.3 Å². The summed E-state index contributed by atoms with van der Waals surface area (Å²) >= 11 is 11.3. The molecule has 1 rings (SSSR count). The third-order valence-electron chi connectivity index (χ3n) is 1.87. The Labute approximate surface area is 96.0 Å². The van der Waals surface area contributed by atoms with E-state index in [1.54, 1.807) is 0 Å². The van der Waals surface area contributed by atoms with E-state index < -0.39 is 11.8 Å². The zero-order valence-electron chi connectivity index (χ0n) is 7.81. The lowest BCUT2D eigenvalue weighted by Crippen LogP contribution is -2.11. The molecule has 0 aliphatic heterocycles. The molecule has 0 aliphatic carbocycles. The van der Waals surface area contributed by atoms with Gasteiger partial charge in [0, 0.05) is 11.1 Å². The van der Waals surface area contributed by atoms with Gasteiger partial charge >= 0.3 is 0 Å². The van der Waals surface area contributed by atoms with Crippen molar-refractivity contribution in [1.82, 2.24) is 0 Å². The minimum absolute atomic E-state index is 0.00491. The van der Waals surface area contributed by atoms with E-state index >= 15 is 0 Å². The van der Waals surface area contributed by atoms with Gasteiger partial charge in [-0.15, -0.1) is 11.6 Å². The summed E-state index contributed by atoms with van der Waals surface area (Å²) in [6.07, 6.45) is -2.60. The van der Waals surface area contributed by atoms with Crippen LogP contribution in [-0.4, -0.2) is 11.2 Å². The lowest BCUT2D eigenvalue weighted by molar-refractivity contribution is 0.0991. The Hall–Kier alpha value is -0.670. The maximum atomic E-state index is 12.3. The van der Waals surface area contributed by atoms with E-state index in [4.69, 9.17) is 23.2 Å². The van der Waals surface area contributed by atoms with Crippen molar-refractivity contribution in [3.05, 3.63) is 34.3 Å². The number of halogens is 4. The molecule has 0 fully saturated rings. The van der Waals surface area contributed by atoms with Gasteiger partial charge in [0.1, 0.15) is 0 Å². The summed E-state index contributed by atoms with van der Waals surface area (Å²) in [6.45, 7) is 1.50. The minimum atomic E-state index is -2.60. The summed E-state index contributed by atoms with van der Waals surface area (Å²) in [5.74, 6) is -0.373. The van der Waals surface area contributed by atoms with Crippen LogP contribution in [0.2, 0.25) is 5.02 Å². The molecule has 0 radical (unpaired) electrons. The number of benzene rings is 1. The normalized spacial score (nSPS) is 12.9. The second-order valence-corrected chi connectivity index (χ2v) is 4.08. The molecule has 0 bridgehead atoms. The highest BCUT2D eigenvalue weighted by Crippen LogP contribution is 2.26. The first-order valence-corrected chi connectivity index (χ1v) is 5.00. The molecule has 0 aliphatic rings. The van der Waals surface area contributed by atoms with Crippen LogP contribution < -0.4 is 0 Å². The van der Waals surface area contributed by atoms with Gasteiger partial charge in [0.2, 0.25) is 0 Å². The van der Waals surface area contributed by atoms with Gasteiger partial charge in [-0.25, -0.2) is 8.78 Å². The Morgan fingerprint density at radius 1 is 1.40 bits per heavy atom. The van der Waals surface area contributed by atoms with Crippen LogP contribution in [0, 0.1) is 0 Å². The Morgan fingerprint density at radius 3 is 2.40 bits per heavy atom. The molecule has 0 aromatic heterocycles. The molecule has 0 spiro atoms. The van der Waals surface area contributed by atoms with Gasteiger partial charge in [0.15, 0.2) is 5.78 Å². The quantitative estimate of drug-likeness (QED) is 0.585. The fourth-order valence-corrected chi connectivity index (χ4v) is 1.48. The Kier molecular flexibility index (Phi) is 4.05. The SMILES string of the molecule is CC(Cl)C(=O)c1ccc(C(F)F)cc1Cl. The predicted octanol–water partition coefficient (Wildman–Crippen LogP) is 4.09. The van der Waals surface area contributed by atoms with Crippen molar-refractivity contribution in [2.45, 2.75) is 18.7 Å². The predicted molar refractivity (Wildman–Crippen MR) is 56.1 cm³/mol. The van der Waals surface area contributed by atoms with E-state index in [1.165, 1.54) is 19.1 Å². The zero-order chi connectivity index (χ0) is 11.6. The molecule has 1 atom stereocenters. The van der Waals surface area contributed by atoms with Crippen molar-refractivity contribution in [3.63, 3.8) is 0 Å². The molecule has 0 amide bonds. The standard InChI is InChI=1S/C10H8Cl2F2O/c1-5(11)9(15)7-3-2-6(10(13)14)4-8(7)12/h2-5,10H,1H3. The van der Waals surface area contributed by atoms with Crippen molar-refractivity contribution in [2.24, 2.45) is 0 Å². The highest BCUT2D eigenvalue weighted by Gasteiger charge is 2.17. The lowest BCUT2D eigenvalue weighted by Gasteiger charge is -2.07. The van der Waals surface area contributed by atoms with Crippen LogP contribution in [0.5, 0.6) is 0 Å². The first-order valence-electron chi connectivity index (χ1n) is 4.19. The molecule has 15 heavy (non-hydrogen) atoms. The summed E-state index contributed by atoms with van der Waals surface area (Å²) in [5, 5.41) is -0.717. The smallest absolute Gasteiger partial charge is 0.263 e. The summed E-state index contributed by atoms with van der Waals surface area (Å²) in [7, 11) is 0. The molecule has 1 unspecified atom stereocenters. The van der Waals surface area contributed by atoms with E-state index in [1.807, 2.05) is 0 Å². The molecular weight excluding hydrogens is 245 g/mol. The Balaban J connectivity index is 3.08. The molecule has 5 heteroatoms. The number of ketones is 1.